The zero-order valence-electron chi connectivity index (χ0n) is 13.3. The molecule has 1 saturated carbocycles. The SMILES string of the molecule is O=C(C1CC1)N1CCCC(OCc2nc(-c3cnccn3)no2)C1. The van der Waals surface area contributed by atoms with Crippen molar-refractivity contribution in [2.45, 2.75) is 38.4 Å². The Hall–Kier alpha value is -2.35. The van der Waals surface area contributed by atoms with Crippen molar-refractivity contribution in [1.82, 2.24) is 25.0 Å². The molecule has 3 heterocycles. The largest absolute Gasteiger partial charge is 0.367 e. The fourth-order valence-corrected chi connectivity index (χ4v) is 2.88. The van der Waals surface area contributed by atoms with Crippen LogP contribution in [-0.2, 0) is 16.1 Å². The highest BCUT2D eigenvalue weighted by atomic mass is 16.5. The lowest BCUT2D eigenvalue weighted by molar-refractivity contribution is -0.137. The van der Waals surface area contributed by atoms with Gasteiger partial charge in [-0.3, -0.25) is 9.78 Å². The maximum absolute atomic E-state index is 12.2. The van der Waals surface area contributed by atoms with Crippen LogP contribution in [0.2, 0.25) is 0 Å². The van der Waals surface area contributed by atoms with E-state index in [1.165, 1.54) is 0 Å². The van der Waals surface area contributed by atoms with Gasteiger partial charge in [-0.05, 0) is 25.7 Å². The van der Waals surface area contributed by atoms with Crippen LogP contribution < -0.4 is 0 Å². The first-order valence-electron chi connectivity index (χ1n) is 8.29. The quantitative estimate of drug-likeness (QED) is 0.819. The van der Waals surface area contributed by atoms with Crippen molar-refractivity contribution in [3.63, 3.8) is 0 Å². The zero-order chi connectivity index (χ0) is 16.4. The average molecular weight is 329 g/mol. The Kier molecular flexibility index (Phi) is 4.20. The standard InChI is InChI=1S/C16H19N5O3/c22-16(11-3-4-11)21-7-1-2-12(9-21)23-10-14-19-15(20-24-14)13-8-17-5-6-18-13/h5-6,8,11-12H,1-4,7,9-10H2. The molecule has 1 unspecified atom stereocenters. The molecule has 24 heavy (non-hydrogen) atoms. The van der Waals surface area contributed by atoms with E-state index in [9.17, 15) is 4.79 Å². The summed E-state index contributed by atoms with van der Waals surface area (Å²) in [6.07, 6.45) is 8.76. The number of amides is 1. The summed E-state index contributed by atoms with van der Waals surface area (Å²) >= 11 is 0. The number of carbonyl (C=O) groups is 1. The molecule has 0 spiro atoms. The van der Waals surface area contributed by atoms with Gasteiger partial charge in [0.05, 0.1) is 12.3 Å². The maximum atomic E-state index is 12.2. The van der Waals surface area contributed by atoms with Gasteiger partial charge in [0.15, 0.2) is 0 Å². The van der Waals surface area contributed by atoms with Gasteiger partial charge in [0.1, 0.15) is 12.3 Å². The summed E-state index contributed by atoms with van der Waals surface area (Å²) in [7, 11) is 0. The number of ether oxygens (including phenoxy) is 1. The summed E-state index contributed by atoms with van der Waals surface area (Å²) in [5.41, 5.74) is 0.561. The van der Waals surface area contributed by atoms with Gasteiger partial charge in [-0.1, -0.05) is 5.16 Å². The smallest absolute Gasteiger partial charge is 0.253 e. The van der Waals surface area contributed by atoms with Gasteiger partial charge in [-0.2, -0.15) is 4.98 Å². The van der Waals surface area contributed by atoms with E-state index in [1.807, 2.05) is 4.90 Å². The number of rotatable bonds is 5. The summed E-state index contributed by atoms with van der Waals surface area (Å²) in [6.45, 7) is 1.73. The summed E-state index contributed by atoms with van der Waals surface area (Å²) in [4.78, 5) is 26.5. The van der Waals surface area contributed by atoms with Crippen LogP contribution in [0.3, 0.4) is 0 Å². The average Bonchev–Trinajstić information content (AvgIpc) is 3.38. The van der Waals surface area contributed by atoms with E-state index >= 15 is 0 Å². The molecular weight excluding hydrogens is 310 g/mol. The van der Waals surface area contributed by atoms with Crippen LogP contribution in [0.5, 0.6) is 0 Å². The van der Waals surface area contributed by atoms with E-state index in [0.717, 1.165) is 32.2 Å². The highest BCUT2D eigenvalue weighted by molar-refractivity contribution is 5.81. The van der Waals surface area contributed by atoms with Gasteiger partial charge in [0, 0.05) is 31.4 Å². The second-order valence-corrected chi connectivity index (χ2v) is 6.24. The maximum Gasteiger partial charge on any atom is 0.253 e. The van der Waals surface area contributed by atoms with Gasteiger partial charge < -0.3 is 14.2 Å². The van der Waals surface area contributed by atoms with Gasteiger partial charge >= 0.3 is 0 Å². The molecular formula is C16H19N5O3. The molecule has 2 aliphatic rings. The third kappa shape index (κ3) is 3.43. The van der Waals surface area contributed by atoms with Crippen molar-refractivity contribution >= 4 is 5.91 Å². The monoisotopic (exact) mass is 329 g/mol. The van der Waals surface area contributed by atoms with Crippen molar-refractivity contribution in [3.8, 4) is 11.5 Å². The fourth-order valence-electron chi connectivity index (χ4n) is 2.88. The molecule has 1 amide bonds. The Bertz CT molecular complexity index is 701. The lowest BCUT2D eigenvalue weighted by atomic mass is 10.1. The predicted molar refractivity (Wildman–Crippen MR) is 82.4 cm³/mol. The van der Waals surface area contributed by atoms with Crippen LogP contribution in [0.15, 0.2) is 23.1 Å². The van der Waals surface area contributed by atoms with Gasteiger partial charge in [0.25, 0.3) is 5.89 Å². The first-order valence-corrected chi connectivity index (χ1v) is 8.29. The fraction of sp³-hybridized carbons (Fsp3) is 0.562. The van der Waals surface area contributed by atoms with Gasteiger partial charge in [-0.25, -0.2) is 4.98 Å². The van der Waals surface area contributed by atoms with Crippen LogP contribution in [0.4, 0.5) is 0 Å². The number of aromatic nitrogens is 4. The second-order valence-electron chi connectivity index (χ2n) is 6.24. The summed E-state index contributed by atoms with van der Waals surface area (Å²) < 4.78 is 11.1. The molecule has 2 aromatic rings. The molecule has 8 heteroatoms. The summed E-state index contributed by atoms with van der Waals surface area (Å²) in [6, 6.07) is 0. The third-order valence-electron chi connectivity index (χ3n) is 4.32. The van der Waals surface area contributed by atoms with Crippen LogP contribution in [-0.4, -0.2) is 50.1 Å². The number of hydrogen-bond acceptors (Lipinski definition) is 7. The van der Waals surface area contributed by atoms with Crippen molar-refractivity contribution in [2.75, 3.05) is 13.1 Å². The third-order valence-corrected chi connectivity index (χ3v) is 4.32. The molecule has 126 valence electrons. The van der Waals surface area contributed by atoms with E-state index in [1.54, 1.807) is 18.6 Å². The Morgan fingerprint density at radius 1 is 1.33 bits per heavy atom. The molecule has 0 N–H and O–H groups in total. The first-order chi connectivity index (χ1) is 11.8. The Labute approximate surface area is 139 Å². The van der Waals surface area contributed by atoms with E-state index in [4.69, 9.17) is 9.26 Å². The zero-order valence-corrected chi connectivity index (χ0v) is 13.3. The lowest BCUT2D eigenvalue weighted by Crippen LogP contribution is -2.43. The van der Waals surface area contributed by atoms with Crippen molar-refractivity contribution in [3.05, 3.63) is 24.5 Å². The Morgan fingerprint density at radius 2 is 2.25 bits per heavy atom. The molecule has 1 atom stereocenters. The summed E-state index contributed by atoms with van der Waals surface area (Å²) in [5, 5.41) is 3.89. The molecule has 1 aliphatic carbocycles. The minimum Gasteiger partial charge on any atom is -0.367 e. The number of piperidine rings is 1. The number of likely N-dealkylation sites (tertiary alicyclic amines) is 1. The van der Waals surface area contributed by atoms with Crippen LogP contribution in [0.25, 0.3) is 11.5 Å². The van der Waals surface area contributed by atoms with Crippen LogP contribution >= 0.6 is 0 Å². The molecule has 1 saturated heterocycles. The molecule has 2 fully saturated rings. The number of carbonyl (C=O) groups excluding carboxylic acids is 1. The molecule has 1 aliphatic heterocycles. The van der Waals surface area contributed by atoms with Gasteiger partial charge in [0.2, 0.25) is 11.7 Å². The van der Waals surface area contributed by atoms with E-state index < -0.39 is 0 Å². The minimum absolute atomic E-state index is 0.0216. The highest BCUT2D eigenvalue weighted by Gasteiger charge is 2.35. The molecule has 2 aromatic heterocycles. The first kappa shape index (κ1) is 15.2. The van der Waals surface area contributed by atoms with E-state index in [2.05, 4.69) is 20.1 Å². The van der Waals surface area contributed by atoms with Crippen molar-refractivity contribution in [1.29, 1.82) is 0 Å². The van der Waals surface area contributed by atoms with Crippen LogP contribution in [0, 0.1) is 5.92 Å². The molecule has 8 nitrogen and oxygen atoms in total. The van der Waals surface area contributed by atoms with Crippen LogP contribution in [0.1, 0.15) is 31.6 Å². The highest BCUT2D eigenvalue weighted by Crippen LogP contribution is 2.32. The van der Waals surface area contributed by atoms with E-state index in [0.29, 0.717) is 24.0 Å². The molecule has 4 rings (SSSR count). The Morgan fingerprint density at radius 3 is 3.04 bits per heavy atom. The Balaban J connectivity index is 1.32. The number of hydrogen-bond donors (Lipinski definition) is 0. The van der Waals surface area contributed by atoms with Crippen molar-refractivity contribution < 1.29 is 14.1 Å². The van der Waals surface area contributed by atoms with Gasteiger partial charge in [-0.15, -0.1) is 0 Å². The lowest BCUT2D eigenvalue weighted by Gasteiger charge is -2.32. The van der Waals surface area contributed by atoms with E-state index in [-0.39, 0.29) is 24.5 Å². The molecule has 0 bridgehead atoms. The normalized spacial score (nSPS) is 21.0. The minimum atomic E-state index is 0.0216. The van der Waals surface area contributed by atoms with Crippen molar-refractivity contribution in [2.24, 2.45) is 5.92 Å². The number of nitrogens with zero attached hydrogens (tertiary/aromatic N) is 5. The second kappa shape index (κ2) is 6.64. The summed E-state index contributed by atoms with van der Waals surface area (Å²) in [5.74, 6) is 1.34. The predicted octanol–water partition coefficient (Wildman–Crippen LogP) is 1.44. The molecule has 0 radical (unpaired) electrons. The molecule has 0 aromatic carbocycles. The topological polar surface area (TPSA) is 94.2 Å².